The Morgan fingerprint density at radius 3 is 2.42 bits per heavy atom. The Hall–Kier alpha value is -1.23. The van der Waals surface area contributed by atoms with E-state index in [1.165, 1.54) is 12.4 Å². The van der Waals surface area contributed by atoms with Crippen LogP contribution < -0.4 is 0 Å². The number of fused-ring (bicyclic) bond motifs is 1. The van der Waals surface area contributed by atoms with Crippen LogP contribution in [0.3, 0.4) is 0 Å². The third kappa shape index (κ3) is 2.56. The third-order valence-corrected chi connectivity index (χ3v) is 3.14. The van der Waals surface area contributed by atoms with E-state index in [0.717, 1.165) is 17.8 Å². The zero-order valence-electron chi connectivity index (χ0n) is 11.3. The molecule has 0 atom stereocenters. The molecule has 2 aromatic rings. The van der Waals surface area contributed by atoms with Gasteiger partial charge in [0.2, 0.25) is 0 Å². The molecule has 0 aliphatic carbocycles. The van der Waals surface area contributed by atoms with Crippen molar-refractivity contribution in [3.8, 4) is 0 Å². The molecule has 0 amide bonds. The maximum Gasteiger partial charge on any atom is 0.364 e. The fraction of sp³-hybridized carbons (Fsp3) is 0.538. The smallest absolute Gasteiger partial charge is 0.287 e. The van der Waals surface area contributed by atoms with E-state index in [4.69, 9.17) is 11.6 Å². The molecule has 2 heterocycles. The van der Waals surface area contributed by atoms with Gasteiger partial charge in [0.15, 0.2) is 0 Å². The molecular weight excluding hydrogens is 272 g/mol. The standard InChI is InChI=1S/C13H16ClF2N3/c1-5-8-11(12(2,3)4)18-10-6-9(13(14,15)16)17-7-19(8)10/h6-7H,5H2,1-4H3. The lowest BCUT2D eigenvalue weighted by atomic mass is 9.90. The lowest BCUT2D eigenvalue weighted by Crippen LogP contribution is -2.14. The molecule has 104 valence electrons. The minimum atomic E-state index is -3.47. The number of aryl methyl sites for hydroxylation is 1. The van der Waals surface area contributed by atoms with Crippen molar-refractivity contribution in [1.29, 1.82) is 0 Å². The highest BCUT2D eigenvalue weighted by atomic mass is 35.5. The van der Waals surface area contributed by atoms with Crippen LogP contribution in [-0.2, 0) is 17.2 Å². The number of hydrogen-bond acceptors (Lipinski definition) is 2. The fourth-order valence-corrected chi connectivity index (χ4v) is 2.19. The molecular formula is C13H16ClF2N3. The first-order valence-corrected chi connectivity index (χ1v) is 6.47. The molecule has 0 aliphatic rings. The summed E-state index contributed by atoms with van der Waals surface area (Å²) in [5.41, 5.74) is 1.70. The van der Waals surface area contributed by atoms with Gasteiger partial charge in [0.25, 0.3) is 0 Å². The number of imidazole rings is 1. The number of alkyl halides is 3. The number of rotatable bonds is 2. The van der Waals surface area contributed by atoms with Gasteiger partial charge in [-0.05, 0) is 18.0 Å². The van der Waals surface area contributed by atoms with Crippen molar-refractivity contribution in [3.63, 3.8) is 0 Å². The molecule has 19 heavy (non-hydrogen) atoms. The Kier molecular flexibility index (Phi) is 3.29. The highest BCUT2D eigenvalue weighted by molar-refractivity contribution is 6.21. The van der Waals surface area contributed by atoms with Crippen molar-refractivity contribution in [1.82, 2.24) is 14.4 Å². The second-order valence-electron chi connectivity index (χ2n) is 5.51. The molecule has 0 aliphatic heterocycles. The Labute approximate surface area is 115 Å². The summed E-state index contributed by atoms with van der Waals surface area (Å²) < 4.78 is 27.9. The summed E-state index contributed by atoms with van der Waals surface area (Å²) in [7, 11) is 0. The first-order chi connectivity index (χ1) is 8.64. The predicted octanol–water partition coefficient (Wildman–Crippen LogP) is 3.88. The van der Waals surface area contributed by atoms with Crippen LogP contribution in [0.25, 0.3) is 5.65 Å². The van der Waals surface area contributed by atoms with E-state index < -0.39 is 11.1 Å². The van der Waals surface area contributed by atoms with Gasteiger partial charge < -0.3 is 0 Å². The number of aromatic nitrogens is 3. The van der Waals surface area contributed by atoms with Gasteiger partial charge in [0, 0.05) is 17.2 Å². The van der Waals surface area contributed by atoms with E-state index in [2.05, 4.69) is 9.97 Å². The predicted molar refractivity (Wildman–Crippen MR) is 70.8 cm³/mol. The highest BCUT2D eigenvalue weighted by Gasteiger charge is 2.31. The van der Waals surface area contributed by atoms with E-state index in [9.17, 15) is 8.78 Å². The summed E-state index contributed by atoms with van der Waals surface area (Å²) in [5, 5.41) is -3.47. The molecule has 2 aromatic heterocycles. The van der Waals surface area contributed by atoms with Gasteiger partial charge in [-0.3, -0.25) is 4.40 Å². The first-order valence-electron chi connectivity index (χ1n) is 6.09. The fourth-order valence-electron chi connectivity index (χ4n) is 2.09. The van der Waals surface area contributed by atoms with Crippen molar-refractivity contribution in [3.05, 3.63) is 29.5 Å². The van der Waals surface area contributed by atoms with Crippen molar-refractivity contribution < 1.29 is 8.78 Å². The number of halogens is 3. The van der Waals surface area contributed by atoms with E-state index in [1.54, 1.807) is 4.40 Å². The van der Waals surface area contributed by atoms with Crippen LogP contribution in [0.2, 0.25) is 0 Å². The summed E-state index contributed by atoms with van der Waals surface area (Å²) in [6.45, 7) is 8.12. The molecule has 0 aromatic carbocycles. The SMILES string of the molecule is CCc1c(C(C)(C)C)nc2cc(C(F)(F)Cl)ncn12. The quantitative estimate of drug-likeness (QED) is 0.785. The summed E-state index contributed by atoms with van der Waals surface area (Å²) in [5.74, 6) is 0. The van der Waals surface area contributed by atoms with E-state index in [0.29, 0.717) is 5.65 Å². The minimum absolute atomic E-state index is 0.152. The Morgan fingerprint density at radius 1 is 1.32 bits per heavy atom. The third-order valence-electron chi connectivity index (χ3n) is 2.95. The van der Waals surface area contributed by atoms with Gasteiger partial charge in [-0.15, -0.1) is 0 Å². The Bertz CT molecular complexity index is 609. The number of hydrogen-bond donors (Lipinski definition) is 0. The Morgan fingerprint density at radius 2 is 1.95 bits per heavy atom. The zero-order chi connectivity index (χ0) is 14.4. The van der Waals surface area contributed by atoms with E-state index in [-0.39, 0.29) is 5.41 Å². The topological polar surface area (TPSA) is 30.2 Å². The second kappa shape index (κ2) is 4.40. The van der Waals surface area contributed by atoms with Gasteiger partial charge >= 0.3 is 5.38 Å². The molecule has 0 bridgehead atoms. The molecule has 0 saturated carbocycles. The molecule has 0 saturated heterocycles. The summed E-state index contributed by atoms with van der Waals surface area (Å²) >= 11 is 5.00. The van der Waals surface area contributed by atoms with Crippen molar-refractivity contribution in [2.75, 3.05) is 0 Å². The second-order valence-corrected chi connectivity index (χ2v) is 5.99. The molecule has 0 unspecified atom stereocenters. The molecule has 3 nitrogen and oxygen atoms in total. The van der Waals surface area contributed by atoms with Gasteiger partial charge in [0.1, 0.15) is 17.7 Å². The van der Waals surface area contributed by atoms with Crippen molar-refractivity contribution in [2.45, 2.75) is 44.9 Å². The van der Waals surface area contributed by atoms with Gasteiger partial charge in [-0.2, -0.15) is 8.78 Å². The monoisotopic (exact) mass is 287 g/mol. The average molecular weight is 288 g/mol. The highest BCUT2D eigenvalue weighted by Crippen LogP contribution is 2.32. The summed E-state index contributed by atoms with van der Waals surface area (Å²) in [6.07, 6.45) is 2.12. The lowest BCUT2D eigenvalue weighted by Gasteiger charge is -2.17. The maximum atomic E-state index is 13.1. The van der Waals surface area contributed by atoms with Crippen LogP contribution in [0, 0.1) is 0 Å². The van der Waals surface area contributed by atoms with Crippen LogP contribution >= 0.6 is 11.6 Å². The number of nitrogens with zero attached hydrogens (tertiary/aromatic N) is 3. The van der Waals surface area contributed by atoms with Gasteiger partial charge in [0.05, 0.1) is 5.69 Å². The summed E-state index contributed by atoms with van der Waals surface area (Å²) in [6, 6.07) is 1.24. The van der Waals surface area contributed by atoms with Crippen LogP contribution in [0.4, 0.5) is 8.78 Å². The summed E-state index contributed by atoms with van der Waals surface area (Å²) in [4.78, 5) is 8.18. The van der Waals surface area contributed by atoms with Gasteiger partial charge in [-0.1, -0.05) is 27.7 Å². The molecule has 2 rings (SSSR count). The Balaban J connectivity index is 2.70. The normalized spacial score (nSPS) is 13.2. The zero-order valence-corrected chi connectivity index (χ0v) is 12.1. The molecule has 0 spiro atoms. The van der Waals surface area contributed by atoms with Crippen molar-refractivity contribution >= 4 is 17.2 Å². The van der Waals surface area contributed by atoms with E-state index >= 15 is 0 Å². The lowest BCUT2D eigenvalue weighted by molar-refractivity contribution is 0.0899. The van der Waals surface area contributed by atoms with Crippen molar-refractivity contribution in [2.24, 2.45) is 0 Å². The minimum Gasteiger partial charge on any atom is -0.287 e. The molecule has 0 radical (unpaired) electrons. The maximum absolute atomic E-state index is 13.1. The van der Waals surface area contributed by atoms with E-state index in [1.807, 2.05) is 27.7 Å². The van der Waals surface area contributed by atoms with Gasteiger partial charge in [-0.25, -0.2) is 9.97 Å². The largest absolute Gasteiger partial charge is 0.364 e. The van der Waals surface area contributed by atoms with Crippen LogP contribution in [0.1, 0.15) is 44.8 Å². The average Bonchev–Trinajstić information content (AvgIpc) is 2.64. The molecule has 0 fully saturated rings. The first kappa shape index (κ1) is 14.2. The van der Waals surface area contributed by atoms with Crippen LogP contribution in [0.15, 0.2) is 12.4 Å². The molecule has 6 heteroatoms. The van der Waals surface area contributed by atoms with Crippen LogP contribution in [-0.4, -0.2) is 14.4 Å². The van der Waals surface area contributed by atoms with Crippen LogP contribution in [0.5, 0.6) is 0 Å². The molecule has 0 N–H and O–H groups in total.